The molecule has 0 spiro atoms. The molecule has 0 saturated carbocycles. The number of aliphatic carboxylic acids is 1. The van der Waals surface area contributed by atoms with Crippen LogP contribution in [-0.2, 0) is 11.3 Å². The van der Waals surface area contributed by atoms with E-state index in [0.29, 0.717) is 24.4 Å². The van der Waals surface area contributed by atoms with Gasteiger partial charge in [-0.1, -0.05) is 18.2 Å². The van der Waals surface area contributed by atoms with Crippen LogP contribution in [-0.4, -0.2) is 46.7 Å². The molecule has 0 amide bonds. The predicted octanol–water partition coefficient (Wildman–Crippen LogP) is 2.29. The molecule has 1 aliphatic heterocycles. The summed E-state index contributed by atoms with van der Waals surface area (Å²) < 4.78 is 29.2. The van der Waals surface area contributed by atoms with E-state index in [2.05, 4.69) is 4.74 Å². The maximum Gasteiger partial charge on any atom is 0.387 e. The Bertz CT molecular complexity index is 473. The summed E-state index contributed by atoms with van der Waals surface area (Å²) in [5.41, 5.74) is 0.575. The lowest BCUT2D eigenvalue weighted by Gasteiger charge is -2.32. The van der Waals surface area contributed by atoms with Gasteiger partial charge < -0.3 is 9.84 Å². The average molecular weight is 303 g/mol. The van der Waals surface area contributed by atoms with Gasteiger partial charge in [0.15, 0.2) is 0 Å². The molecule has 1 fully saturated rings. The van der Waals surface area contributed by atoms with Gasteiger partial charge in [-0.3, -0.25) is 9.69 Å². The third kappa shape index (κ3) is 3.83. The van der Waals surface area contributed by atoms with E-state index in [9.17, 15) is 18.7 Å². The summed E-state index contributed by atoms with van der Waals surface area (Å²) in [7, 11) is 0. The molecule has 1 aliphatic rings. The summed E-state index contributed by atoms with van der Waals surface area (Å²) in [5.74, 6) is 0.559. The number of hydrogen-bond donors (Lipinski definition) is 1. The van der Waals surface area contributed by atoms with Crippen molar-refractivity contribution in [3.8, 4) is 5.75 Å². The quantitative estimate of drug-likeness (QED) is 0.904. The Labute approximate surface area is 119 Å². The second-order valence-corrected chi connectivity index (χ2v) is 5.54. The first-order valence-corrected chi connectivity index (χ1v) is 7.30. The minimum absolute atomic E-state index is 0.102. The summed E-state index contributed by atoms with van der Waals surface area (Å²) in [4.78, 5) is 13.0. The number of alkyl halides is 2. The van der Waals surface area contributed by atoms with Crippen molar-refractivity contribution < 1.29 is 23.4 Å². The zero-order valence-corrected chi connectivity index (χ0v) is 11.5. The fourth-order valence-corrected chi connectivity index (χ4v) is 3.23. The first kappa shape index (κ1) is 15.1. The minimum atomic E-state index is -2.89. The van der Waals surface area contributed by atoms with Gasteiger partial charge in [0.1, 0.15) is 11.8 Å². The van der Waals surface area contributed by atoms with Crippen LogP contribution in [0.4, 0.5) is 8.78 Å². The van der Waals surface area contributed by atoms with E-state index in [0.717, 1.165) is 5.75 Å². The Kier molecular flexibility index (Phi) is 5.19. The molecule has 1 atom stereocenters. The number of carboxylic acid groups (broad SMARTS) is 1. The molecule has 1 heterocycles. The summed E-state index contributed by atoms with van der Waals surface area (Å²) in [5, 5.41) is 9.20. The van der Waals surface area contributed by atoms with Gasteiger partial charge in [-0.25, -0.2) is 0 Å². The van der Waals surface area contributed by atoms with Crippen LogP contribution >= 0.6 is 11.8 Å². The number of benzene rings is 1. The number of hydrogen-bond acceptors (Lipinski definition) is 4. The lowest BCUT2D eigenvalue weighted by atomic mass is 10.1. The normalized spacial score (nSPS) is 20.1. The van der Waals surface area contributed by atoms with Crippen LogP contribution in [0.2, 0.25) is 0 Å². The first-order valence-electron chi connectivity index (χ1n) is 6.15. The molecular formula is C13H15F2NO3S. The zero-order valence-electron chi connectivity index (χ0n) is 10.7. The summed E-state index contributed by atoms with van der Waals surface area (Å²) in [6.07, 6.45) is 0. The number of ether oxygens (including phenoxy) is 1. The van der Waals surface area contributed by atoms with Crippen LogP contribution in [0.3, 0.4) is 0 Å². The van der Waals surface area contributed by atoms with Gasteiger partial charge in [0, 0.05) is 30.2 Å². The highest BCUT2D eigenvalue weighted by molar-refractivity contribution is 7.99. The molecule has 1 saturated heterocycles. The monoisotopic (exact) mass is 303 g/mol. The van der Waals surface area contributed by atoms with Crippen LogP contribution in [0.25, 0.3) is 0 Å². The Morgan fingerprint density at radius 3 is 2.95 bits per heavy atom. The zero-order chi connectivity index (χ0) is 14.5. The molecule has 4 nitrogen and oxygen atoms in total. The summed E-state index contributed by atoms with van der Waals surface area (Å²) in [6, 6.07) is 5.90. The molecule has 0 bridgehead atoms. The maximum atomic E-state index is 12.4. The topological polar surface area (TPSA) is 49.8 Å². The van der Waals surface area contributed by atoms with Gasteiger partial charge in [-0.2, -0.15) is 20.5 Å². The Hall–Kier alpha value is -1.34. The number of thioether (sulfide) groups is 1. The second-order valence-electron chi connectivity index (χ2n) is 4.39. The molecule has 7 heteroatoms. The SMILES string of the molecule is O=C(O)C1CSCCN1Cc1ccccc1OC(F)F. The molecule has 0 radical (unpaired) electrons. The van der Waals surface area contributed by atoms with Crippen LogP contribution in [0.5, 0.6) is 5.75 Å². The van der Waals surface area contributed by atoms with E-state index >= 15 is 0 Å². The summed E-state index contributed by atoms with van der Waals surface area (Å²) in [6.45, 7) is -1.98. The van der Waals surface area contributed by atoms with E-state index in [1.807, 2.05) is 0 Å². The van der Waals surface area contributed by atoms with Gasteiger partial charge >= 0.3 is 12.6 Å². The average Bonchev–Trinajstić information content (AvgIpc) is 2.41. The number of rotatable bonds is 5. The van der Waals surface area contributed by atoms with Crippen molar-refractivity contribution in [2.24, 2.45) is 0 Å². The first-order chi connectivity index (χ1) is 9.58. The third-order valence-corrected chi connectivity index (χ3v) is 4.11. The van der Waals surface area contributed by atoms with Gasteiger partial charge in [-0.15, -0.1) is 0 Å². The van der Waals surface area contributed by atoms with E-state index in [-0.39, 0.29) is 5.75 Å². The smallest absolute Gasteiger partial charge is 0.387 e. The number of carboxylic acids is 1. The Morgan fingerprint density at radius 2 is 2.25 bits per heavy atom. The number of nitrogens with zero attached hydrogens (tertiary/aromatic N) is 1. The lowest BCUT2D eigenvalue weighted by molar-refractivity contribution is -0.142. The molecule has 1 unspecified atom stereocenters. The largest absolute Gasteiger partial charge is 0.480 e. The highest BCUT2D eigenvalue weighted by atomic mass is 32.2. The van der Waals surface area contributed by atoms with Crippen molar-refractivity contribution in [1.82, 2.24) is 4.90 Å². The molecule has 1 N–H and O–H groups in total. The van der Waals surface area contributed by atoms with Crippen LogP contribution in [0.15, 0.2) is 24.3 Å². The van der Waals surface area contributed by atoms with Crippen molar-refractivity contribution in [3.05, 3.63) is 29.8 Å². The lowest BCUT2D eigenvalue weighted by Crippen LogP contribution is -2.46. The summed E-state index contributed by atoms with van der Waals surface area (Å²) >= 11 is 1.59. The van der Waals surface area contributed by atoms with Gasteiger partial charge in [0.05, 0.1) is 0 Å². The van der Waals surface area contributed by atoms with Gasteiger partial charge in [-0.05, 0) is 6.07 Å². The van der Waals surface area contributed by atoms with Crippen LogP contribution < -0.4 is 4.74 Å². The minimum Gasteiger partial charge on any atom is -0.480 e. The van der Waals surface area contributed by atoms with Crippen molar-refractivity contribution in [3.63, 3.8) is 0 Å². The van der Waals surface area contributed by atoms with Crippen molar-refractivity contribution in [1.29, 1.82) is 0 Å². The number of halogens is 2. The van der Waals surface area contributed by atoms with Crippen LogP contribution in [0.1, 0.15) is 5.56 Å². The Balaban J connectivity index is 2.13. The Morgan fingerprint density at radius 1 is 1.50 bits per heavy atom. The molecule has 110 valence electrons. The van der Waals surface area contributed by atoms with Crippen molar-refractivity contribution in [2.45, 2.75) is 19.2 Å². The van der Waals surface area contributed by atoms with E-state index in [4.69, 9.17) is 0 Å². The second kappa shape index (κ2) is 6.90. The number of para-hydroxylation sites is 1. The predicted molar refractivity (Wildman–Crippen MR) is 72.2 cm³/mol. The van der Waals surface area contributed by atoms with E-state index < -0.39 is 18.6 Å². The van der Waals surface area contributed by atoms with Crippen LogP contribution in [0, 0.1) is 0 Å². The van der Waals surface area contributed by atoms with Crippen molar-refractivity contribution >= 4 is 17.7 Å². The molecule has 1 aromatic rings. The fourth-order valence-electron chi connectivity index (χ4n) is 2.12. The van der Waals surface area contributed by atoms with E-state index in [1.54, 1.807) is 34.9 Å². The standard InChI is InChI=1S/C13H15F2NO3S/c14-13(15)19-11-4-2-1-3-9(11)7-16-5-6-20-8-10(16)12(17)18/h1-4,10,13H,5-8H2,(H,17,18). The maximum absolute atomic E-state index is 12.4. The highest BCUT2D eigenvalue weighted by Gasteiger charge is 2.29. The van der Waals surface area contributed by atoms with Crippen molar-refractivity contribution in [2.75, 3.05) is 18.1 Å². The third-order valence-electron chi connectivity index (χ3n) is 3.09. The van der Waals surface area contributed by atoms with Gasteiger partial charge in [0.25, 0.3) is 0 Å². The van der Waals surface area contributed by atoms with Gasteiger partial charge in [0.2, 0.25) is 0 Å². The molecule has 1 aromatic carbocycles. The molecule has 2 rings (SSSR count). The molecule has 20 heavy (non-hydrogen) atoms. The molecular weight excluding hydrogens is 288 g/mol. The highest BCUT2D eigenvalue weighted by Crippen LogP contribution is 2.25. The number of carbonyl (C=O) groups is 1. The molecule has 0 aromatic heterocycles. The molecule has 0 aliphatic carbocycles. The fraction of sp³-hybridized carbons (Fsp3) is 0.462. The van der Waals surface area contributed by atoms with E-state index in [1.165, 1.54) is 6.07 Å².